The summed E-state index contributed by atoms with van der Waals surface area (Å²) in [4.78, 5) is 5.99. The lowest BCUT2D eigenvalue weighted by Crippen LogP contribution is -2.15. The van der Waals surface area contributed by atoms with Crippen LogP contribution in [-0.4, -0.2) is 9.55 Å². The molecule has 1 aromatic carbocycles. The van der Waals surface area contributed by atoms with Crippen molar-refractivity contribution in [1.29, 1.82) is 0 Å². The van der Waals surface area contributed by atoms with Crippen molar-refractivity contribution in [2.75, 3.05) is 0 Å². The van der Waals surface area contributed by atoms with Gasteiger partial charge in [-0.15, -0.1) is 11.3 Å². The minimum absolute atomic E-state index is 0.795. The number of imidazole rings is 1. The van der Waals surface area contributed by atoms with Gasteiger partial charge in [0, 0.05) is 18.5 Å². The van der Waals surface area contributed by atoms with Crippen LogP contribution in [-0.2, 0) is 20.1 Å². The second-order valence-corrected chi connectivity index (χ2v) is 5.29. The minimum Gasteiger partial charge on any atom is -0.330 e. The fourth-order valence-electron chi connectivity index (χ4n) is 2.06. The molecule has 92 valence electrons. The van der Waals surface area contributed by atoms with E-state index in [4.69, 9.17) is 0 Å². The van der Waals surface area contributed by atoms with Gasteiger partial charge in [0.05, 0.1) is 17.6 Å². The van der Waals surface area contributed by atoms with Gasteiger partial charge in [-0.3, -0.25) is 0 Å². The number of fused-ring (bicyclic) bond motifs is 1. The van der Waals surface area contributed by atoms with Crippen molar-refractivity contribution in [3.63, 3.8) is 0 Å². The summed E-state index contributed by atoms with van der Waals surface area (Å²) in [6.45, 7) is 1.70. The minimum atomic E-state index is 0.795. The van der Waals surface area contributed by atoms with Gasteiger partial charge in [0.25, 0.3) is 0 Å². The van der Waals surface area contributed by atoms with E-state index in [2.05, 4.69) is 51.6 Å². The van der Waals surface area contributed by atoms with Crippen LogP contribution in [0.3, 0.4) is 0 Å². The van der Waals surface area contributed by atoms with Gasteiger partial charge in [0.1, 0.15) is 5.82 Å². The number of para-hydroxylation sites is 2. The van der Waals surface area contributed by atoms with E-state index >= 15 is 0 Å². The lowest BCUT2D eigenvalue weighted by Gasteiger charge is -2.03. The molecule has 0 aliphatic carbocycles. The van der Waals surface area contributed by atoms with Crippen LogP contribution in [0.15, 0.2) is 41.8 Å². The van der Waals surface area contributed by atoms with Crippen LogP contribution in [0.4, 0.5) is 0 Å². The first-order valence-corrected chi connectivity index (χ1v) is 6.86. The van der Waals surface area contributed by atoms with Crippen LogP contribution in [0, 0.1) is 0 Å². The molecule has 3 nitrogen and oxygen atoms in total. The summed E-state index contributed by atoms with van der Waals surface area (Å²) < 4.78 is 2.15. The van der Waals surface area contributed by atoms with E-state index in [0.29, 0.717) is 0 Å². The Bertz CT molecular complexity index is 640. The lowest BCUT2D eigenvalue weighted by atomic mass is 10.3. The highest BCUT2D eigenvalue weighted by Crippen LogP contribution is 2.14. The summed E-state index contributed by atoms with van der Waals surface area (Å²) in [5.41, 5.74) is 2.25. The molecule has 3 rings (SSSR count). The van der Waals surface area contributed by atoms with Gasteiger partial charge in [0.2, 0.25) is 0 Å². The summed E-state index contributed by atoms with van der Waals surface area (Å²) in [6, 6.07) is 12.5. The standard InChI is InChI=1S/C14H15N3S/c1-17-13-7-3-2-6-12(13)16-14(17)10-15-9-11-5-4-8-18-11/h2-8,15H,9-10H2,1H3. The van der Waals surface area contributed by atoms with Crippen molar-refractivity contribution in [3.8, 4) is 0 Å². The van der Waals surface area contributed by atoms with Crippen LogP contribution < -0.4 is 5.32 Å². The maximum Gasteiger partial charge on any atom is 0.123 e. The summed E-state index contributed by atoms with van der Waals surface area (Å²) in [5.74, 6) is 1.08. The van der Waals surface area contributed by atoms with Crippen LogP contribution >= 0.6 is 11.3 Å². The summed E-state index contributed by atoms with van der Waals surface area (Å²) >= 11 is 1.78. The number of benzene rings is 1. The average molecular weight is 257 g/mol. The molecule has 18 heavy (non-hydrogen) atoms. The van der Waals surface area contributed by atoms with Gasteiger partial charge in [0.15, 0.2) is 0 Å². The molecule has 2 aromatic heterocycles. The molecule has 0 unspecified atom stereocenters. The Hall–Kier alpha value is -1.65. The van der Waals surface area contributed by atoms with Crippen LogP contribution in [0.2, 0.25) is 0 Å². The molecule has 4 heteroatoms. The summed E-state index contributed by atoms with van der Waals surface area (Å²) in [7, 11) is 2.07. The third kappa shape index (κ3) is 2.17. The summed E-state index contributed by atoms with van der Waals surface area (Å²) in [5, 5.41) is 5.54. The van der Waals surface area contributed by atoms with Gasteiger partial charge in [-0.2, -0.15) is 0 Å². The molecule has 0 aliphatic heterocycles. The predicted molar refractivity (Wildman–Crippen MR) is 75.6 cm³/mol. The zero-order valence-corrected chi connectivity index (χ0v) is 11.1. The Labute approximate surface area is 110 Å². The van der Waals surface area contributed by atoms with Gasteiger partial charge in [-0.25, -0.2) is 4.98 Å². The summed E-state index contributed by atoms with van der Waals surface area (Å²) in [6.07, 6.45) is 0. The second kappa shape index (κ2) is 4.92. The highest BCUT2D eigenvalue weighted by Gasteiger charge is 2.06. The topological polar surface area (TPSA) is 29.9 Å². The predicted octanol–water partition coefficient (Wildman–Crippen LogP) is 2.92. The van der Waals surface area contributed by atoms with E-state index in [1.165, 1.54) is 10.4 Å². The largest absolute Gasteiger partial charge is 0.330 e. The first-order chi connectivity index (χ1) is 8.84. The number of rotatable bonds is 4. The van der Waals surface area contributed by atoms with Gasteiger partial charge < -0.3 is 9.88 Å². The fraction of sp³-hybridized carbons (Fsp3) is 0.214. The van der Waals surface area contributed by atoms with Crippen molar-refractivity contribution in [2.45, 2.75) is 13.1 Å². The Balaban J connectivity index is 1.73. The maximum atomic E-state index is 4.63. The van der Waals surface area contributed by atoms with Gasteiger partial charge in [-0.1, -0.05) is 18.2 Å². The Morgan fingerprint density at radius 1 is 1.17 bits per heavy atom. The molecule has 0 bridgehead atoms. The molecular weight excluding hydrogens is 242 g/mol. The zero-order valence-electron chi connectivity index (χ0n) is 10.3. The smallest absolute Gasteiger partial charge is 0.123 e. The molecule has 0 atom stereocenters. The number of hydrogen-bond acceptors (Lipinski definition) is 3. The number of nitrogens with one attached hydrogen (secondary N) is 1. The Morgan fingerprint density at radius 3 is 2.83 bits per heavy atom. The lowest BCUT2D eigenvalue weighted by molar-refractivity contribution is 0.648. The number of nitrogens with zero attached hydrogens (tertiary/aromatic N) is 2. The molecule has 0 spiro atoms. The molecule has 0 fully saturated rings. The van der Waals surface area contributed by atoms with Gasteiger partial charge in [-0.05, 0) is 23.6 Å². The molecule has 1 N–H and O–H groups in total. The van der Waals surface area contributed by atoms with Crippen molar-refractivity contribution >= 4 is 22.4 Å². The van der Waals surface area contributed by atoms with Crippen molar-refractivity contribution in [2.24, 2.45) is 7.05 Å². The fourth-order valence-corrected chi connectivity index (χ4v) is 2.74. The molecule has 0 saturated carbocycles. The molecule has 0 radical (unpaired) electrons. The van der Waals surface area contributed by atoms with E-state index in [-0.39, 0.29) is 0 Å². The first kappa shape index (κ1) is 11.4. The molecule has 0 amide bonds. The number of aromatic nitrogens is 2. The van der Waals surface area contributed by atoms with E-state index in [1.807, 2.05) is 12.1 Å². The number of aryl methyl sites for hydroxylation is 1. The number of hydrogen-bond donors (Lipinski definition) is 1. The molecule has 0 aliphatic rings. The quantitative estimate of drug-likeness (QED) is 0.779. The Kier molecular flexibility index (Phi) is 3.13. The van der Waals surface area contributed by atoms with E-state index < -0.39 is 0 Å². The van der Waals surface area contributed by atoms with E-state index in [0.717, 1.165) is 24.4 Å². The monoisotopic (exact) mass is 257 g/mol. The van der Waals surface area contributed by atoms with Crippen molar-refractivity contribution < 1.29 is 0 Å². The third-order valence-corrected chi connectivity index (χ3v) is 3.92. The van der Waals surface area contributed by atoms with Gasteiger partial charge >= 0.3 is 0 Å². The van der Waals surface area contributed by atoms with E-state index in [1.54, 1.807) is 11.3 Å². The average Bonchev–Trinajstić information content (AvgIpc) is 3.00. The normalized spacial score (nSPS) is 11.2. The molecule has 0 saturated heterocycles. The maximum absolute atomic E-state index is 4.63. The third-order valence-electron chi connectivity index (χ3n) is 3.04. The SMILES string of the molecule is Cn1c(CNCc2cccs2)nc2ccccc21. The Morgan fingerprint density at radius 2 is 2.06 bits per heavy atom. The van der Waals surface area contributed by atoms with E-state index in [9.17, 15) is 0 Å². The van der Waals surface area contributed by atoms with Crippen molar-refractivity contribution in [3.05, 3.63) is 52.5 Å². The first-order valence-electron chi connectivity index (χ1n) is 5.98. The van der Waals surface area contributed by atoms with Crippen LogP contribution in [0.1, 0.15) is 10.7 Å². The molecule has 2 heterocycles. The van der Waals surface area contributed by atoms with Crippen molar-refractivity contribution in [1.82, 2.24) is 14.9 Å². The second-order valence-electron chi connectivity index (χ2n) is 4.26. The number of thiophene rings is 1. The molecular formula is C14H15N3S. The highest BCUT2D eigenvalue weighted by atomic mass is 32.1. The molecule has 3 aromatic rings. The van der Waals surface area contributed by atoms with Crippen LogP contribution in [0.25, 0.3) is 11.0 Å². The zero-order chi connectivity index (χ0) is 12.4. The highest BCUT2D eigenvalue weighted by molar-refractivity contribution is 7.09. The van der Waals surface area contributed by atoms with Crippen LogP contribution in [0.5, 0.6) is 0 Å².